The topological polar surface area (TPSA) is 21.2 Å². The lowest BCUT2D eigenvalue weighted by molar-refractivity contribution is 0.324. The van der Waals surface area contributed by atoms with Crippen LogP contribution in [-0.2, 0) is 0 Å². The standard InChI is InChI=1S/C27H31N3O/c1-5-30(25-14-11-24(21(2)19-25)20-27(28-3)29-4)17-18-31-26-15-12-23(13-16-26)22-9-7-6-8-10-22/h11-16,19-20,22H,5-10,17-18H2,1-2H3. The van der Waals surface area contributed by atoms with Crippen LogP contribution in [-0.4, -0.2) is 19.7 Å². The second kappa shape index (κ2) is 11.2. The maximum absolute atomic E-state index is 7.05. The highest BCUT2D eigenvalue weighted by Crippen LogP contribution is 2.33. The maximum atomic E-state index is 7.05. The Morgan fingerprint density at radius 3 is 2.39 bits per heavy atom. The Morgan fingerprint density at radius 2 is 1.77 bits per heavy atom. The van der Waals surface area contributed by atoms with Gasteiger partial charge in [-0.3, -0.25) is 0 Å². The number of aryl methyl sites for hydroxylation is 1. The van der Waals surface area contributed by atoms with Crippen molar-refractivity contribution in [3.8, 4) is 5.75 Å². The van der Waals surface area contributed by atoms with Crippen molar-refractivity contribution >= 4 is 11.8 Å². The molecule has 0 aromatic heterocycles. The summed E-state index contributed by atoms with van der Waals surface area (Å²) in [5.41, 5.74) is 4.54. The SMILES string of the molecule is [C-]#[N+]C(=Cc1ccc(N(CC)CCOc2ccc(C3CCCCC3)cc2)cc1C)[N+]#[C-]. The van der Waals surface area contributed by atoms with Gasteiger partial charge in [0.15, 0.2) is 0 Å². The molecule has 0 bridgehead atoms. The van der Waals surface area contributed by atoms with E-state index in [9.17, 15) is 0 Å². The van der Waals surface area contributed by atoms with Gasteiger partial charge in [-0.15, -0.1) is 0 Å². The van der Waals surface area contributed by atoms with Crippen LogP contribution in [0.5, 0.6) is 5.75 Å². The molecular formula is C27H31N3O. The zero-order valence-electron chi connectivity index (χ0n) is 18.6. The molecule has 1 saturated carbocycles. The van der Waals surface area contributed by atoms with Gasteiger partial charge in [0.25, 0.3) is 0 Å². The molecule has 4 nitrogen and oxygen atoms in total. The Balaban J connectivity index is 1.57. The Hall–Kier alpha value is -3.24. The Bertz CT molecular complexity index is 957. The van der Waals surface area contributed by atoms with E-state index >= 15 is 0 Å². The van der Waals surface area contributed by atoms with Crippen molar-refractivity contribution in [2.75, 3.05) is 24.6 Å². The fraction of sp³-hybridized carbons (Fsp3) is 0.407. The average molecular weight is 414 g/mol. The van der Waals surface area contributed by atoms with Gasteiger partial charge in [-0.1, -0.05) is 37.5 Å². The molecule has 3 rings (SSSR count). The number of ether oxygens (including phenoxy) is 1. The first-order valence-electron chi connectivity index (χ1n) is 11.2. The molecule has 0 aliphatic heterocycles. The molecule has 0 radical (unpaired) electrons. The second-order valence-corrected chi connectivity index (χ2v) is 8.10. The van der Waals surface area contributed by atoms with Crippen molar-refractivity contribution in [3.63, 3.8) is 0 Å². The lowest BCUT2D eigenvalue weighted by Gasteiger charge is -2.24. The molecule has 0 atom stereocenters. The summed E-state index contributed by atoms with van der Waals surface area (Å²) >= 11 is 0. The summed E-state index contributed by atoms with van der Waals surface area (Å²) in [7, 11) is 0. The summed E-state index contributed by atoms with van der Waals surface area (Å²) in [6.07, 6.45) is 8.37. The average Bonchev–Trinajstić information content (AvgIpc) is 2.82. The minimum atomic E-state index is 0.0890. The molecule has 0 spiro atoms. The minimum Gasteiger partial charge on any atom is -0.492 e. The summed E-state index contributed by atoms with van der Waals surface area (Å²) in [4.78, 5) is 8.77. The quantitative estimate of drug-likeness (QED) is 0.431. The summed E-state index contributed by atoms with van der Waals surface area (Å²) in [6, 6.07) is 14.8. The van der Waals surface area contributed by atoms with Crippen molar-refractivity contribution in [1.82, 2.24) is 0 Å². The first-order chi connectivity index (χ1) is 15.1. The summed E-state index contributed by atoms with van der Waals surface area (Å²) in [5.74, 6) is 1.74. The molecule has 31 heavy (non-hydrogen) atoms. The van der Waals surface area contributed by atoms with Crippen LogP contribution in [0, 0.1) is 20.1 Å². The van der Waals surface area contributed by atoms with Gasteiger partial charge < -0.3 is 9.64 Å². The predicted octanol–water partition coefficient (Wildman–Crippen LogP) is 7.09. The van der Waals surface area contributed by atoms with Crippen molar-refractivity contribution in [2.24, 2.45) is 0 Å². The van der Waals surface area contributed by atoms with Crippen LogP contribution in [0.15, 0.2) is 48.3 Å². The minimum absolute atomic E-state index is 0.0890. The number of hydrogen-bond acceptors (Lipinski definition) is 2. The summed E-state index contributed by atoms with van der Waals surface area (Å²) in [5, 5.41) is 0. The molecule has 0 saturated heterocycles. The molecule has 0 amide bonds. The number of hydrogen-bond donors (Lipinski definition) is 0. The highest BCUT2D eigenvalue weighted by molar-refractivity contribution is 5.63. The molecule has 2 aromatic carbocycles. The van der Waals surface area contributed by atoms with Crippen LogP contribution < -0.4 is 9.64 Å². The fourth-order valence-corrected chi connectivity index (χ4v) is 4.26. The first-order valence-corrected chi connectivity index (χ1v) is 11.2. The van der Waals surface area contributed by atoms with E-state index in [-0.39, 0.29) is 5.82 Å². The largest absolute Gasteiger partial charge is 0.519 e. The van der Waals surface area contributed by atoms with Crippen LogP contribution in [0.2, 0.25) is 0 Å². The first kappa shape index (κ1) is 22.4. The van der Waals surface area contributed by atoms with Crippen LogP contribution >= 0.6 is 0 Å². The highest BCUT2D eigenvalue weighted by Gasteiger charge is 2.15. The van der Waals surface area contributed by atoms with Gasteiger partial charge in [0.05, 0.1) is 6.54 Å². The van der Waals surface area contributed by atoms with E-state index in [1.807, 2.05) is 19.1 Å². The molecule has 1 aliphatic rings. The van der Waals surface area contributed by atoms with E-state index < -0.39 is 0 Å². The second-order valence-electron chi connectivity index (χ2n) is 8.10. The van der Waals surface area contributed by atoms with E-state index in [1.54, 1.807) is 6.08 Å². The van der Waals surface area contributed by atoms with Gasteiger partial charge in [-0.05, 0) is 73.6 Å². The molecule has 0 unspecified atom stereocenters. The molecule has 0 heterocycles. The Kier molecular flexibility index (Phi) is 8.13. The van der Waals surface area contributed by atoms with Gasteiger partial charge in [0.2, 0.25) is 0 Å². The monoisotopic (exact) mass is 413 g/mol. The Morgan fingerprint density at radius 1 is 1.06 bits per heavy atom. The zero-order valence-corrected chi connectivity index (χ0v) is 18.6. The third kappa shape index (κ3) is 6.12. The van der Waals surface area contributed by atoms with E-state index in [4.69, 9.17) is 17.9 Å². The van der Waals surface area contributed by atoms with Gasteiger partial charge in [0, 0.05) is 18.3 Å². The van der Waals surface area contributed by atoms with Gasteiger partial charge in [-0.2, -0.15) is 9.69 Å². The van der Waals surface area contributed by atoms with Crippen molar-refractivity contribution in [1.29, 1.82) is 0 Å². The Labute approximate surface area is 186 Å². The van der Waals surface area contributed by atoms with E-state index in [0.29, 0.717) is 6.61 Å². The molecule has 4 heteroatoms. The van der Waals surface area contributed by atoms with Gasteiger partial charge in [0.1, 0.15) is 25.5 Å². The molecule has 1 fully saturated rings. The lowest BCUT2D eigenvalue weighted by Crippen LogP contribution is -2.28. The molecule has 160 valence electrons. The summed E-state index contributed by atoms with van der Waals surface area (Å²) < 4.78 is 6.02. The van der Waals surface area contributed by atoms with Crippen molar-refractivity contribution < 1.29 is 4.74 Å². The lowest BCUT2D eigenvalue weighted by atomic mass is 9.84. The third-order valence-electron chi connectivity index (χ3n) is 6.10. The molecule has 0 N–H and O–H groups in total. The number of likely N-dealkylation sites (N-methyl/N-ethyl adjacent to an activating group) is 1. The highest BCUT2D eigenvalue weighted by atomic mass is 16.5. The molecule has 1 aliphatic carbocycles. The van der Waals surface area contributed by atoms with Crippen molar-refractivity contribution in [3.05, 3.63) is 87.8 Å². The van der Waals surface area contributed by atoms with E-state index in [2.05, 4.69) is 51.8 Å². The number of rotatable bonds is 8. The number of nitrogens with zero attached hydrogens (tertiary/aromatic N) is 3. The summed E-state index contributed by atoms with van der Waals surface area (Å²) in [6.45, 7) is 20.6. The van der Waals surface area contributed by atoms with Crippen LogP contribution in [0.3, 0.4) is 0 Å². The number of benzene rings is 2. The normalized spacial score (nSPS) is 13.7. The zero-order chi connectivity index (χ0) is 22.1. The van der Waals surface area contributed by atoms with Crippen LogP contribution in [0.4, 0.5) is 5.69 Å². The fourth-order valence-electron chi connectivity index (χ4n) is 4.26. The number of anilines is 1. The third-order valence-corrected chi connectivity index (χ3v) is 6.10. The van der Waals surface area contributed by atoms with Crippen LogP contribution in [0.25, 0.3) is 15.8 Å². The molecule has 2 aromatic rings. The van der Waals surface area contributed by atoms with E-state index in [0.717, 1.165) is 41.6 Å². The van der Waals surface area contributed by atoms with Gasteiger partial charge in [-0.25, -0.2) is 0 Å². The van der Waals surface area contributed by atoms with Crippen LogP contribution in [0.1, 0.15) is 61.6 Å². The maximum Gasteiger partial charge on any atom is 0.519 e. The smallest absolute Gasteiger partial charge is 0.492 e. The van der Waals surface area contributed by atoms with E-state index in [1.165, 1.54) is 37.7 Å². The van der Waals surface area contributed by atoms with Gasteiger partial charge >= 0.3 is 5.82 Å². The predicted molar refractivity (Wildman–Crippen MR) is 128 cm³/mol. The van der Waals surface area contributed by atoms with Crippen molar-refractivity contribution in [2.45, 2.75) is 51.9 Å². The molecular weight excluding hydrogens is 382 g/mol.